The first-order valence-corrected chi connectivity index (χ1v) is 7.04. The number of fused-ring (bicyclic) bond motifs is 1. The van der Waals surface area contributed by atoms with E-state index in [1.165, 1.54) is 20.6 Å². The molecule has 0 radical (unpaired) electrons. The summed E-state index contributed by atoms with van der Waals surface area (Å²) in [5, 5.41) is 2.57. The molecule has 0 bridgehead atoms. The lowest BCUT2D eigenvalue weighted by molar-refractivity contribution is 1.25. The highest BCUT2D eigenvalue weighted by molar-refractivity contribution is 8.00. The van der Waals surface area contributed by atoms with Crippen molar-refractivity contribution in [2.45, 2.75) is 14.7 Å². The van der Waals surface area contributed by atoms with Gasteiger partial charge in [-0.05, 0) is 29.0 Å². The molecular formula is C16H12S2. The second-order valence-corrected chi connectivity index (χ2v) is 5.61. The molecule has 0 aliphatic rings. The molecule has 88 valence electrons. The molecule has 3 aromatic rings. The number of thiol groups is 1. The van der Waals surface area contributed by atoms with Crippen LogP contribution in [0, 0.1) is 0 Å². The van der Waals surface area contributed by atoms with E-state index >= 15 is 0 Å². The van der Waals surface area contributed by atoms with Gasteiger partial charge in [-0.2, -0.15) is 0 Å². The number of hydrogen-bond acceptors (Lipinski definition) is 2. The Morgan fingerprint density at radius 3 is 2.22 bits per heavy atom. The van der Waals surface area contributed by atoms with Crippen LogP contribution in [-0.4, -0.2) is 0 Å². The van der Waals surface area contributed by atoms with Crippen LogP contribution in [-0.2, 0) is 0 Å². The fraction of sp³-hybridized carbons (Fsp3) is 0. The Morgan fingerprint density at radius 1 is 0.667 bits per heavy atom. The average Bonchev–Trinajstić information content (AvgIpc) is 2.42. The first-order valence-electron chi connectivity index (χ1n) is 5.78. The van der Waals surface area contributed by atoms with Gasteiger partial charge in [0, 0.05) is 14.7 Å². The molecule has 0 aliphatic heterocycles. The number of benzene rings is 3. The van der Waals surface area contributed by atoms with E-state index in [9.17, 15) is 0 Å². The van der Waals surface area contributed by atoms with Gasteiger partial charge in [0.2, 0.25) is 0 Å². The minimum Gasteiger partial charge on any atom is -0.142 e. The monoisotopic (exact) mass is 268 g/mol. The Labute approximate surface area is 116 Å². The van der Waals surface area contributed by atoms with E-state index in [-0.39, 0.29) is 0 Å². The summed E-state index contributed by atoms with van der Waals surface area (Å²) >= 11 is 6.27. The van der Waals surface area contributed by atoms with Crippen molar-refractivity contribution < 1.29 is 0 Å². The van der Waals surface area contributed by atoms with E-state index in [2.05, 4.69) is 61.2 Å². The van der Waals surface area contributed by atoms with Crippen LogP contribution in [0.15, 0.2) is 81.4 Å². The number of rotatable bonds is 2. The van der Waals surface area contributed by atoms with E-state index in [1.54, 1.807) is 11.8 Å². The van der Waals surface area contributed by atoms with E-state index in [4.69, 9.17) is 0 Å². The van der Waals surface area contributed by atoms with E-state index in [0.717, 1.165) is 4.90 Å². The van der Waals surface area contributed by atoms with Gasteiger partial charge < -0.3 is 0 Å². The van der Waals surface area contributed by atoms with Gasteiger partial charge in [-0.25, -0.2) is 0 Å². The Kier molecular flexibility index (Phi) is 3.31. The van der Waals surface area contributed by atoms with Crippen LogP contribution in [0.25, 0.3) is 10.8 Å². The van der Waals surface area contributed by atoms with Gasteiger partial charge >= 0.3 is 0 Å². The van der Waals surface area contributed by atoms with Gasteiger partial charge in [0.25, 0.3) is 0 Å². The maximum absolute atomic E-state index is 4.50. The summed E-state index contributed by atoms with van der Waals surface area (Å²) < 4.78 is 0. The fourth-order valence-corrected chi connectivity index (χ4v) is 3.24. The van der Waals surface area contributed by atoms with Crippen LogP contribution in [0.2, 0.25) is 0 Å². The van der Waals surface area contributed by atoms with Gasteiger partial charge in [0.1, 0.15) is 0 Å². The second kappa shape index (κ2) is 5.09. The highest BCUT2D eigenvalue weighted by atomic mass is 32.2. The molecule has 0 saturated heterocycles. The summed E-state index contributed by atoms with van der Waals surface area (Å²) in [7, 11) is 0. The molecular weight excluding hydrogens is 256 g/mol. The second-order valence-electron chi connectivity index (χ2n) is 4.05. The molecule has 3 rings (SSSR count). The fourth-order valence-electron chi connectivity index (χ4n) is 1.95. The first kappa shape index (κ1) is 11.7. The van der Waals surface area contributed by atoms with E-state index in [1.807, 2.05) is 18.2 Å². The maximum Gasteiger partial charge on any atom is 0.0255 e. The van der Waals surface area contributed by atoms with E-state index in [0.29, 0.717) is 0 Å². The molecule has 0 amide bonds. The Balaban J connectivity index is 2.08. The quantitative estimate of drug-likeness (QED) is 0.617. The summed E-state index contributed by atoms with van der Waals surface area (Å²) in [6.07, 6.45) is 0. The lowest BCUT2D eigenvalue weighted by Crippen LogP contribution is -1.79. The molecule has 0 unspecified atom stereocenters. The van der Waals surface area contributed by atoms with Crippen molar-refractivity contribution in [3.63, 3.8) is 0 Å². The summed E-state index contributed by atoms with van der Waals surface area (Å²) in [5.41, 5.74) is 0. The predicted molar refractivity (Wildman–Crippen MR) is 81.8 cm³/mol. The van der Waals surface area contributed by atoms with Crippen molar-refractivity contribution in [1.82, 2.24) is 0 Å². The highest BCUT2D eigenvalue weighted by Crippen LogP contribution is 2.36. The largest absolute Gasteiger partial charge is 0.142 e. The Bertz CT molecular complexity index is 684. The normalized spacial score (nSPS) is 10.7. The standard InChI is InChI=1S/C16H12S2/c17-14-9-3-4-10-16(14)18-15-11-5-7-12-6-1-2-8-13(12)15/h1-11,17H. The minimum absolute atomic E-state index is 1.02. The molecule has 0 N–H and O–H groups in total. The molecule has 0 aliphatic carbocycles. The lowest BCUT2D eigenvalue weighted by atomic mass is 10.1. The lowest BCUT2D eigenvalue weighted by Gasteiger charge is -2.07. The van der Waals surface area contributed by atoms with Crippen LogP contribution in [0.5, 0.6) is 0 Å². The molecule has 0 aromatic heterocycles. The SMILES string of the molecule is Sc1ccccc1Sc1cccc2ccccc12. The van der Waals surface area contributed by atoms with Crippen LogP contribution >= 0.6 is 24.4 Å². The van der Waals surface area contributed by atoms with Gasteiger partial charge in [-0.1, -0.05) is 60.3 Å². The van der Waals surface area contributed by atoms with Crippen LogP contribution in [0.1, 0.15) is 0 Å². The zero-order chi connectivity index (χ0) is 12.4. The Hall–Kier alpha value is -1.38. The zero-order valence-corrected chi connectivity index (χ0v) is 11.4. The minimum atomic E-state index is 1.02. The summed E-state index contributed by atoms with van der Waals surface area (Å²) in [6, 6.07) is 23.1. The topological polar surface area (TPSA) is 0 Å². The first-order chi connectivity index (χ1) is 8.84. The third-order valence-corrected chi connectivity index (χ3v) is 4.53. The van der Waals surface area contributed by atoms with Gasteiger partial charge in [0.15, 0.2) is 0 Å². The van der Waals surface area contributed by atoms with Gasteiger partial charge in [0.05, 0.1) is 0 Å². The maximum atomic E-state index is 4.50. The molecule has 0 atom stereocenters. The molecule has 3 aromatic carbocycles. The molecule has 2 heteroatoms. The third kappa shape index (κ3) is 2.26. The van der Waals surface area contributed by atoms with Crippen molar-refractivity contribution >= 4 is 35.2 Å². The number of hydrogen-bond donors (Lipinski definition) is 1. The smallest absolute Gasteiger partial charge is 0.0255 e. The van der Waals surface area contributed by atoms with Crippen molar-refractivity contribution in [3.05, 3.63) is 66.7 Å². The Morgan fingerprint density at radius 2 is 1.33 bits per heavy atom. The van der Waals surface area contributed by atoms with Crippen LogP contribution < -0.4 is 0 Å². The predicted octanol–water partition coefficient (Wildman–Crippen LogP) is 5.28. The summed E-state index contributed by atoms with van der Waals surface area (Å²) in [6.45, 7) is 0. The van der Waals surface area contributed by atoms with Crippen LogP contribution in [0.3, 0.4) is 0 Å². The zero-order valence-electron chi connectivity index (χ0n) is 9.71. The van der Waals surface area contributed by atoms with Crippen molar-refractivity contribution in [1.29, 1.82) is 0 Å². The van der Waals surface area contributed by atoms with Crippen molar-refractivity contribution in [2.75, 3.05) is 0 Å². The van der Waals surface area contributed by atoms with Crippen molar-refractivity contribution in [3.8, 4) is 0 Å². The van der Waals surface area contributed by atoms with E-state index < -0.39 is 0 Å². The van der Waals surface area contributed by atoms with Gasteiger partial charge in [-0.3, -0.25) is 0 Å². The molecule has 0 fully saturated rings. The average molecular weight is 268 g/mol. The van der Waals surface area contributed by atoms with Crippen molar-refractivity contribution in [2.24, 2.45) is 0 Å². The van der Waals surface area contributed by atoms with Gasteiger partial charge in [-0.15, -0.1) is 12.6 Å². The molecule has 0 spiro atoms. The highest BCUT2D eigenvalue weighted by Gasteiger charge is 2.04. The molecule has 0 heterocycles. The molecule has 18 heavy (non-hydrogen) atoms. The summed E-state index contributed by atoms with van der Waals surface area (Å²) in [4.78, 5) is 3.49. The molecule has 0 saturated carbocycles. The molecule has 0 nitrogen and oxygen atoms in total. The summed E-state index contributed by atoms with van der Waals surface area (Å²) in [5.74, 6) is 0. The third-order valence-electron chi connectivity index (χ3n) is 2.83. The van der Waals surface area contributed by atoms with Crippen LogP contribution in [0.4, 0.5) is 0 Å².